The zero-order chi connectivity index (χ0) is 16.9. The van der Waals surface area contributed by atoms with E-state index in [9.17, 15) is 4.79 Å². The summed E-state index contributed by atoms with van der Waals surface area (Å²) in [6.45, 7) is 4.14. The van der Waals surface area contributed by atoms with Gasteiger partial charge in [0, 0.05) is 18.2 Å². The maximum absolute atomic E-state index is 12.2. The molecule has 1 aromatic carbocycles. The van der Waals surface area contributed by atoms with Crippen LogP contribution in [0.1, 0.15) is 30.1 Å². The van der Waals surface area contributed by atoms with Gasteiger partial charge < -0.3 is 14.6 Å². The van der Waals surface area contributed by atoms with Gasteiger partial charge in [-0.2, -0.15) is 5.21 Å². The van der Waals surface area contributed by atoms with E-state index in [1.54, 1.807) is 30.3 Å². The molecular formula is C15H16N6O3. The summed E-state index contributed by atoms with van der Waals surface area (Å²) in [5.74, 6) is 1.32. The largest absolute Gasteiger partial charge is 0.422 e. The molecule has 3 rings (SSSR count). The molecule has 1 amide bonds. The highest BCUT2D eigenvalue weighted by Gasteiger charge is 2.13. The van der Waals surface area contributed by atoms with Crippen LogP contribution in [0.5, 0.6) is 11.8 Å². The fourth-order valence-corrected chi connectivity index (χ4v) is 2.02. The third kappa shape index (κ3) is 3.94. The Morgan fingerprint density at radius 2 is 2.12 bits per heavy atom. The lowest BCUT2D eigenvalue weighted by molar-refractivity contribution is 0.101. The number of tetrazole rings is 1. The summed E-state index contributed by atoms with van der Waals surface area (Å²) in [4.78, 5) is 12.2. The summed E-state index contributed by atoms with van der Waals surface area (Å²) >= 11 is 0. The quantitative estimate of drug-likeness (QED) is 0.713. The Hall–Kier alpha value is -3.23. The molecule has 2 aromatic heterocycles. The van der Waals surface area contributed by atoms with Gasteiger partial charge in [0.25, 0.3) is 5.91 Å². The maximum Gasteiger partial charge on any atom is 0.361 e. The molecule has 0 aliphatic carbocycles. The van der Waals surface area contributed by atoms with E-state index in [2.05, 4.69) is 44.9 Å². The van der Waals surface area contributed by atoms with Gasteiger partial charge in [-0.3, -0.25) is 4.79 Å². The molecule has 3 aromatic rings. The molecule has 0 aliphatic heterocycles. The molecule has 2 N–H and O–H groups in total. The molecule has 0 atom stereocenters. The van der Waals surface area contributed by atoms with Gasteiger partial charge in [-0.05, 0) is 35.4 Å². The van der Waals surface area contributed by atoms with Crippen molar-refractivity contribution in [3.05, 3.63) is 41.8 Å². The number of ether oxygens (including phenoxy) is 1. The van der Waals surface area contributed by atoms with E-state index < -0.39 is 0 Å². The monoisotopic (exact) mass is 328 g/mol. The van der Waals surface area contributed by atoms with E-state index in [0.717, 1.165) is 6.42 Å². The van der Waals surface area contributed by atoms with Crippen molar-refractivity contribution in [3.63, 3.8) is 0 Å². The fourth-order valence-electron chi connectivity index (χ4n) is 2.02. The molecule has 0 saturated carbocycles. The van der Waals surface area contributed by atoms with Gasteiger partial charge in [-0.15, -0.1) is 0 Å². The predicted octanol–water partition coefficient (Wildman–Crippen LogP) is 2.43. The molecule has 9 nitrogen and oxygen atoms in total. The number of carbonyl (C=O) groups excluding carboxylic acids is 1. The van der Waals surface area contributed by atoms with Crippen LogP contribution < -0.4 is 10.1 Å². The summed E-state index contributed by atoms with van der Waals surface area (Å²) in [7, 11) is 0. The van der Waals surface area contributed by atoms with Gasteiger partial charge in [0.15, 0.2) is 5.69 Å². The lowest BCUT2D eigenvalue weighted by Gasteiger charge is -2.04. The molecule has 0 bridgehead atoms. The maximum atomic E-state index is 12.2. The van der Waals surface area contributed by atoms with E-state index in [1.807, 2.05) is 0 Å². The Balaban J connectivity index is 1.61. The molecule has 0 fully saturated rings. The summed E-state index contributed by atoms with van der Waals surface area (Å²) < 4.78 is 10.5. The minimum Gasteiger partial charge on any atom is -0.422 e. The van der Waals surface area contributed by atoms with Crippen molar-refractivity contribution in [2.45, 2.75) is 20.3 Å². The third-order valence-corrected chi connectivity index (χ3v) is 3.05. The molecule has 0 saturated heterocycles. The Morgan fingerprint density at radius 3 is 2.79 bits per heavy atom. The van der Waals surface area contributed by atoms with Crippen LogP contribution >= 0.6 is 0 Å². The van der Waals surface area contributed by atoms with Gasteiger partial charge in [0.05, 0.1) is 0 Å². The van der Waals surface area contributed by atoms with Crippen LogP contribution in [-0.4, -0.2) is 31.7 Å². The first kappa shape index (κ1) is 15.7. The van der Waals surface area contributed by atoms with Crippen LogP contribution in [-0.2, 0) is 6.42 Å². The van der Waals surface area contributed by atoms with Crippen molar-refractivity contribution in [1.82, 2.24) is 25.8 Å². The number of hydrogen-bond acceptors (Lipinski definition) is 7. The lowest BCUT2D eigenvalue weighted by atomic mass is 10.1. The molecule has 2 heterocycles. The number of aromatic amines is 1. The highest BCUT2D eigenvalue weighted by atomic mass is 16.5. The number of hydrogen-bond donors (Lipinski definition) is 2. The number of carbonyl (C=O) groups is 1. The molecular weight excluding hydrogens is 312 g/mol. The van der Waals surface area contributed by atoms with Crippen molar-refractivity contribution in [3.8, 4) is 11.8 Å². The number of benzene rings is 1. The zero-order valence-corrected chi connectivity index (χ0v) is 13.2. The number of amides is 1. The van der Waals surface area contributed by atoms with Crippen molar-refractivity contribution < 1.29 is 14.1 Å². The first-order valence-electron chi connectivity index (χ1n) is 7.38. The van der Waals surface area contributed by atoms with E-state index >= 15 is 0 Å². The van der Waals surface area contributed by atoms with E-state index in [-0.39, 0.29) is 17.6 Å². The lowest BCUT2D eigenvalue weighted by Crippen LogP contribution is -2.12. The second-order valence-corrected chi connectivity index (χ2v) is 5.55. The van der Waals surface area contributed by atoms with Gasteiger partial charge in [0.2, 0.25) is 0 Å². The van der Waals surface area contributed by atoms with E-state index in [0.29, 0.717) is 23.1 Å². The SMILES string of the molecule is CC(C)Cc1cc(C(=O)Nc2ccc(Oc3nn[nH]n3)cc2)no1. The van der Waals surface area contributed by atoms with Crippen molar-refractivity contribution >= 4 is 11.6 Å². The first-order valence-corrected chi connectivity index (χ1v) is 7.38. The van der Waals surface area contributed by atoms with Crippen molar-refractivity contribution in [2.75, 3.05) is 5.32 Å². The average molecular weight is 328 g/mol. The van der Waals surface area contributed by atoms with Gasteiger partial charge in [0.1, 0.15) is 11.5 Å². The highest BCUT2D eigenvalue weighted by molar-refractivity contribution is 6.02. The minimum absolute atomic E-state index is 0.118. The molecule has 124 valence electrons. The fraction of sp³-hybridized carbons (Fsp3) is 0.267. The molecule has 0 aliphatic rings. The summed E-state index contributed by atoms with van der Waals surface area (Å²) in [6, 6.07) is 8.53. The first-order chi connectivity index (χ1) is 11.6. The van der Waals surface area contributed by atoms with Crippen LogP contribution in [0.25, 0.3) is 0 Å². The van der Waals surface area contributed by atoms with Crippen LogP contribution in [0.15, 0.2) is 34.9 Å². The molecule has 0 spiro atoms. The number of rotatable bonds is 6. The van der Waals surface area contributed by atoms with Crippen LogP contribution in [0.3, 0.4) is 0 Å². The Labute approximate surface area is 137 Å². The number of H-pyrrole nitrogens is 1. The van der Waals surface area contributed by atoms with Crippen molar-refractivity contribution in [2.24, 2.45) is 5.92 Å². The van der Waals surface area contributed by atoms with Gasteiger partial charge in [-0.25, -0.2) is 0 Å². The summed E-state index contributed by atoms with van der Waals surface area (Å²) in [5.41, 5.74) is 0.853. The zero-order valence-electron chi connectivity index (χ0n) is 13.2. The standard InChI is InChI=1S/C15H16N6O3/c1-9(2)7-12-8-13(19-24-12)14(22)16-10-3-5-11(6-4-10)23-15-17-20-21-18-15/h3-6,8-9H,7H2,1-2H3,(H,16,22)(H,17,18,20,21). The Morgan fingerprint density at radius 1 is 1.33 bits per heavy atom. The summed E-state index contributed by atoms with van der Waals surface area (Å²) in [5, 5.41) is 19.6. The second-order valence-electron chi connectivity index (χ2n) is 5.55. The summed E-state index contributed by atoms with van der Waals surface area (Å²) in [6.07, 6.45) is 0.738. The number of anilines is 1. The van der Waals surface area contributed by atoms with Gasteiger partial charge >= 0.3 is 6.01 Å². The molecule has 24 heavy (non-hydrogen) atoms. The minimum atomic E-state index is -0.333. The number of nitrogens with zero attached hydrogens (tertiary/aromatic N) is 4. The topological polar surface area (TPSA) is 119 Å². The van der Waals surface area contributed by atoms with E-state index in [4.69, 9.17) is 9.26 Å². The second kappa shape index (κ2) is 6.90. The number of aromatic nitrogens is 5. The van der Waals surface area contributed by atoms with E-state index in [1.165, 1.54) is 0 Å². The smallest absolute Gasteiger partial charge is 0.361 e. The van der Waals surface area contributed by atoms with Crippen LogP contribution in [0, 0.1) is 5.92 Å². The van der Waals surface area contributed by atoms with Crippen molar-refractivity contribution in [1.29, 1.82) is 0 Å². The molecule has 9 heteroatoms. The highest BCUT2D eigenvalue weighted by Crippen LogP contribution is 2.20. The Kier molecular flexibility index (Phi) is 4.50. The molecule has 0 radical (unpaired) electrons. The Bertz CT molecular complexity index is 795. The molecule has 0 unspecified atom stereocenters. The van der Waals surface area contributed by atoms with Gasteiger partial charge in [-0.1, -0.05) is 29.2 Å². The predicted molar refractivity (Wildman–Crippen MR) is 83.7 cm³/mol. The normalized spacial score (nSPS) is 10.8. The van der Waals surface area contributed by atoms with Crippen LogP contribution in [0.2, 0.25) is 0 Å². The number of nitrogens with one attached hydrogen (secondary N) is 2. The van der Waals surface area contributed by atoms with Crippen LogP contribution in [0.4, 0.5) is 5.69 Å². The average Bonchev–Trinajstić information content (AvgIpc) is 3.20. The third-order valence-electron chi connectivity index (χ3n) is 3.05.